The highest BCUT2D eigenvalue weighted by Crippen LogP contribution is 2.22. The van der Waals surface area contributed by atoms with Gasteiger partial charge in [0.15, 0.2) is 0 Å². The lowest BCUT2D eigenvalue weighted by Gasteiger charge is -2.14. The van der Waals surface area contributed by atoms with Crippen molar-refractivity contribution in [1.29, 1.82) is 0 Å². The van der Waals surface area contributed by atoms with Gasteiger partial charge in [-0.15, -0.1) is 0 Å². The first-order chi connectivity index (χ1) is 12.7. The van der Waals surface area contributed by atoms with Crippen molar-refractivity contribution in [2.24, 2.45) is 5.92 Å². The molecule has 1 N–H and O–H groups in total. The van der Waals surface area contributed by atoms with Crippen LogP contribution in [-0.2, 0) is 17.8 Å². The summed E-state index contributed by atoms with van der Waals surface area (Å²) in [5.41, 5.74) is 2.05. The minimum atomic E-state index is 0.0434. The van der Waals surface area contributed by atoms with E-state index in [-0.39, 0.29) is 11.8 Å². The number of benzene rings is 2. The fourth-order valence-corrected chi connectivity index (χ4v) is 3.23. The number of carbonyl (C=O) groups excluding carboxylic acids is 1. The van der Waals surface area contributed by atoms with Gasteiger partial charge in [0, 0.05) is 35.1 Å². The molecule has 0 bridgehead atoms. The van der Waals surface area contributed by atoms with Gasteiger partial charge in [-0.3, -0.25) is 4.79 Å². The zero-order valence-corrected chi connectivity index (χ0v) is 15.4. The van der Waals surface area contributed by atoms with Gasteiger partial charge in [-0.2, -0.15) is 0 Å². The number of nitrogens with zero attached hydrogens (tertiary/aromatic N) is 1. The van der Waals surface area contributed by atoms with E-state index in [1.165, 1.54) is 5.69 Å². The Morgan fingerprint density at radius 2 is 1.62 bits per heavy atom. The predicted octanol–water partition coefficient (Wildman–Crippen LogP) is 5.42. The van der Waals surface area contributed by atoms with E-state index in [0.29, 0.717) is 5.02 Å². The van der Waals surface area contributed by atoms with Gasteiger partial charge in [0.1, 0.15) is 0 Å². The average molecular weight is 367 g/mol. The molecule has 0 saturated heterocycles. The van der Waals surface area contributed by atoms with Crippen LogP contribution in [0.4, 0.5) is 5.69 Å². The van der Waals surface area contributed by atoms with Crippen molar-refractivity contribution in [2.45, 2.75) is 25.8 Å². The first-order valence-corrected chi connectivity index (χ1v) is 9.30. The lowest BCUT2D eigenvalue weighted by molar-refractivity contribution is -0.120. The quantitative estimate of drug-likeness (QED) is 0.645. The fraction of sp³-hybridized carbons (Fsp3) is 0.227. The monoisotopic (exact) mass is 366 g/mol. The minimum Gasteiger partial charge on any atom is -0.351 e. The maximum atomic E-state index is 12.4. The molecule has 1 unspecified atom stereocenters. The molecule has 1 aliphatic heterocycles. The van der Waals surface area contributed by atoms with Gasteiger partial charge < -0.3 is 9.88 Å². The van der Waals surface area contributed by atoms with Crippen LogP contribution in [-0.4, -0.2) is 10.5 Å². The molecule has 3 nitrogen and oxygen atoms in total. The summed E-state index contributed by atoms with van der Waals surface area (Å²) < 4.78 is 2.25. The highest BCUT2D eigenvalue weighted by atomic mass is 35.5. The van der Waals surface area contributed by atoms with Crippen LogP contribution in [0, 0.1) is 5.92 Å². The number of nitrogens with one attached hydrogen (secondary N) is 1. The first-order valence-electron chi connectivity index (χ1n) is 8.93. The summed E-state index contributed by atoms with van der Waals surface area (Å²) in [6.07, 6.45) is 4.88. The van der Waals surface area contributed by atoms with E-state index in [4.69, 9.17) is 11.6 Å². The van der Waals surface area contributed by atoms with Crippen molar-refractivity contribution in [3.05, 3.63) is 89.7 Å². The molecule has 1 aromatic heterocycles. The molecule has 0 radical (unpaired) electrons. The standard InChI is InChI=1S/C16H17ClN2O.C6H6/c17-13-5-7-14(8-6-13)18-16(20)12-3-1-9-19-10-2-4-15(19)11-12;1-2-4-6-5-3-1/h2,4-8,10,12H,1,3,9,11H2,(H,18,20);1-6H. The van der Waals surface area contributed by atoms with E-state index in [1.54, 1.807) is 12.1 Å². The molecule has 1 aliphatic rings. The van der Waals surface area contributed by atoms with Crippen LogP contribution in [0.1, 0.15) is 18.5 Å². The molecule has 0 saturated carbocycles. The lowest BCUT2D eigenvalue weighted by atomic mass is 9.98. The van der Waals surface area contributed by atoms with Gasteiger partial charge in [0.2, 0.25) is 5.91 Å². The second-order valence-corrected chi connectivity index (χ2v) is 6.82. The molecule has 134 valence electrons. The molecule has 0 spiro atoms. The number of amides is 1. The zero-order chi connectivity index (χ0) is 18.2. The normalized spacial score (nSPS) is 15.8. The van der Waals surface area contributed by atoms with Gasteiger partial charge in [-0.05, 0) is 55.7 Å². The van der Waals surface area contributed by atoms with Crippen LogP contribution < -0.4 is 5.32 Å². The van der Waals surface area contributed by atoms with Crippen LogP contribution in [0.3, 0.4) is 0 Å². The topological polar surface area (TPSA) is 34.0 Å². The molecular formula is C22H23ClN2O. The first kappa shape index (κ1) is 18.3. The molecule has 1 amide bonds. The molecule has 2 aromatic carbocycles. The number of fused-ring (bicyclic) bond motifs is 1. The maximum absolute atomic E-state index is 12.4. The van der Waals surface area contributed by atoms with Crippen molar-refractivity contribution in [2.75, 3.05) is 5.32 Å². The van der Waals surface area contributed by atoms with E-state index in [9.17, 15) is 4.79 Å². The summed E-state index contributed by atoms with van der Waals surface area (Å²) in [6.45, 7) is 1.01. The summed E-state index contributed by atoms with van der Waals surface area (Å²) in [5, 5.41) is 3.66. The number of carbonyl (C=O) groups is 1. The Labute approximate surface area is 159 Å². The van der Waals surface area contributed by atoms with Gasteiger partial charge in [0.05, 0.1) is 0 Å². The summed E-state index contributed by atoms with van der Waals surface area (Å²) in [7, 11) is 0. The van der Waals surface area contributed by atoms with Gasteiger partial charge in [-0.1, -0.05) is 48.0 Å². The Morgan fingerprint density at radius 1 is 0.962 bits per heavy atom. The summed E-state index contributed by atoms with van der Waals surface area (Å²) in [4.78, 5) is 12.4. The van der Waals surface area contributed by atoms with Crippen LogP contribution in [0.5, 0.6) is 0 Å². The van der Waals surface area contributed by atoms with Crippen molar-refractivity contribution in [3.8, 4) is 0 Å². The second kappa shape index (κ2) is 9.25. The van der Waals surface area contributed by atoms with Crippen molar-refractivity contribution < 1.29 is 4.79 Å². The van der Waals surface area contributed by atoms with E-state index in [1.807, 2.05) is 48.5 Å². The van der Waals surface area contributed by atoms with E-state index >= 15 is 0 Å². The summed E-state index contributed by atoms with van der Waals surface area (Å²) >= 11 is 5.85. The van der Waals surface area contributed by atoms with Crippen LogP contribution in [0.2, 0.25) is 5.02 Å². The second-order valence-electron chi connectivity index (χ2n) is 6.39. The third kappa shape index (κ3) is 5.24. The van der Waals surface area contributed by atoms with Crippen molar-refractivity contribution in [3.63, 3.8) is 0 Å². The molecule has 2 heterocycles. The lowest BCUT2D eigenvalue weighted by Crippen LogP contribution is -2.24. The number of aromatic nitrogens is 1. The van der Waals surface area contributed by atoms with E-state index in [0.717, 1.165) is 31.5 Å². The van der Waals surface area contributed by atoms with Gasteiger partial charge in [-0.25, -0.2) is 0 Å². The molecule has 0 fully saturated rings. The third-order valence-corrected chi connectivity index (χ3v) is 4.73. The van der Waals surface area contributed by atoms with Gasteiger partial charge >= 0.3 is 0 Å². The maximum Gasteiger partial charge on any atom is 0.227 e. The molecule has 26 heavy (non-hydrogen) atoms. The predicted molar refractivity (Wildman–Crippen MR) is 107 cm³/mol. The Hall–Kier alpha value is -2.52. The number of rotatable bonds is 2. The van der Waals surface area contributed by atoms with Crippen molar-refractivity contribution in [1.82, 2.24) is 4.57 Å². The molecule has 3 aromatic rings. The molecule has 4 rings (SSSR count). The van der Waals surface area contributed by atoms with E-state index < -0.39 is 0 Å². The Balaban J connectivity index is 0.000000278. The molecule has 4 heteroatoms. The summed E-state index contributed by atoms with van der Waals surface area (Å²) in [5.74, 6) is 0.142. The van der Waals surface area contributed by atoms with Crippen molar-refractivity contribution >= 4 is 23.2 Å². The van der Waals surface area contributed by atoms with E-state index in [2.05, 4.69) is 28.2 Å². The van der Waals surface area contributed by atoms with Crippen LogP contribution in [0.15, 0.2) is 79.0 Å². The largest absolute Gasteiger partial charge is 0.351 e. The SMILES string of the molecule is O=C(Nc1ccc(Cl)cc1)C1CCCn2cccc2C1.c1ccccc1. The fourth-order valence-electron chi connectivity index (χ4n) is 3.10. The number of anilines is 1. The molecule has 0 aliphatic carbocycles. The van der Waals surface area contributed by atoms with Gasteiger partial charge in [0.25, 0.3) is 0 Å². The Morgan fingerprint density at radius 3 is 2.27 bits per heavy atom. The zero-order valence-electron chi connectivity index (χ0n) is 14.6. The highest BCUT2D eigenvalue weighted by molar-refractivity contribution is 6.30. The number of halogens is 1. The highest BCUT2D eigenvalue weighted by Gasteiger charge is 2.22. The van der Waals surface area contributed by atoms with Crippen LogP contribution in [0.25, 0.3) is 0 Å². The van der Waals surface area contributed by atoms with Crippen LogP contribution >= 0.6 is 11.6 Å². The number of hydrogen-bond donors (Lipinski definition) is 1. The Kier molecular flexibility index (Phi) is 6.50. The molecule has 1 atom stereocenters. The average Bonchev–Trinajstić information content (AvgIpc) is 3.02. The molecular weight excluding hydrogens is 344 g/mol. The Bertz CT molecular complexity index is 785. The number of aryl methyl sites for hydroxylation is 1. The smallest absolute Gasteiger partial charge is 0.227 e. The summed E-state index contributed by atoms with van der Waals surface area (Å²) in [6, 6.07) is 23.4. The minimum absolute atomic E-state index is 0.0434. The number of hydrogen-bond acceptors (Lipinski definition) is 1. The third-order valence-electron chi connectivity index (χ3n) is 4.48.